The molecule has 0 aliphatic rings. The minimum absolute atomic E-state index is 0.117. The highest BCUT2D eigenvalue weighted by Gasteiger charge is 2.19. The van der Waals surface area contributed by atoms with Gasteiger partial charge in [-0.3, -0.25) is 4.79 Å². The Kier molecular flexibility index (Phi) is 3.79. The molecule has 0 aliphatic heterocycles. The fourth-order valence-corrected chi connectivity index (χ4v) is 1.11. The van der Waals surface area contributed by atoms with Crippen molar-refractivity contribution in [2.24, 2.45) is 5.41 Å². The van der Waals surface area contributed by atoms with Crippen molar-refractivity contribution in [1.82, 2.24) is 20.7 Å². The maximum absolute atomic E-state index is 11.5. The summed E-state index contributed by atoms with van der Waals surface area (Å²) in [5.74, 6) is -0.255. The van der Waals surface area contributed by atoms with Gasteiger partial charge in [0, 0.05) is 13.2 Å². The highest BCUT2D eigenvalue weighted by Crippen LogP contribution is 2.17. The van der Waals surface area contributed by atoms with Gasteiger partial charge >= 0.3 is 0 Å². The largest absolute Gasteiger partial charge is 0.396 e. The number of aliphatic hydroxyl groups excluding tert-OH is 1. The number of nitrogens with zero attached hydrogens (tertiary/aromatic N) is 2. The summed E-state index contributed by atoms with van der Waals surface area (Å²) in [6.45, 7) is 4.57. The van der Waals surface area contributed by atoms with Crippen LogP contribution >= 0.6 is 0 Å². The number of nitrogens with one attached hydrogen (secondary N) is 2. The molecule has 1 rings (SSSR count). The van der Waals surface area contributed by atoms with E-state index in [-0.39, 0.29) is 23.6 Å². The van der Waals surface area contributed by atoms with E-state index in [9.17, 15) is 4.79 Å². The van der Waals surface area contributed by atoms with Crippen LogP contribution in [0.5, 0.6) is 0 Å². The van der Waals surface area contributed by atoms with E-state index < -0.39 is 0 Å². The van der Waals surface area contributed by atoms with Gasteiger partial charge in [-0.2, -0.15) is 15.4 Å². The van der Waals surface area contributed by atoms with Gasteiger partial charge in [-0.25, -0.2) is 0 Å². The van der Waals surface area contributed by atoms with Gasteiger partial charge in [0.2, 0.25) is 0 Å². The minimum Gasteiger partial charge on any atom is -0.396 e. The van der Waals surface area contributed by atoms with Crippen LogP contribution in [0.1, 0.15) is 30.8 Å². The number of rotatable bonds is 5. The standard InChI is InChI=1S/C9H16N4O2/c1-9(2,3-4-14)6-10-8(15)7-5-11-13-12-7/h5,14H,3-4,6H2,1-2H3,(H,10,15)(H,11,12,13). The maximum Gasteiger partial charge on any atom is 0.273 e. The molecule has 0 atom stereocenters. The third kappa shape index (κ3) is 3.67. The average Bonchev–Trinajstić information content (AvgIpc) is 2.67. The molecule has 15 heavy (non-hydrogen) atoms. The van der Waals surface area contributed by atoms with Crippen molar-refractivity contribution < 1.29 is 9.90 Å². The van der Waals surface area contributed by atoms with Crippen LogP contribution in [0.15, 0.2) is 6.20 Å². The van der Waals surface area contributed by atoms with Crippen molar-refractivity contribution in [3.63, 3.8) is 0 Å². The van der Waals surface area contributed by atoms with Crippen molar-refractivity contribution in [3.05, 3.63) is 11.9 Å². The van der Waals surface area contributed by atoms with E-state index in [4.69, 9.17) is 5.11 Å². The molecular weight excluding hydrogens is 196 g/mol. The van der Waals surface area contributed by atoms with Crippen molar-refractivity contribution in [3.8, 4) is 0 Å². The quantitative estimate of drug-likeness (QED) is 0.638. The number of hydrogen-bond acceptors (Lipinski definition) is 4. The smallest absolute Gasteiger partial charge is 0.273 e. The Morgan fingerprint density at radius 1 is 1.67 bits per heavy atom. The van der Waals surface area contributed by atoms with Gasteiger partial charge < -0.3 is 10.4 Å². The maximum atomic E-state index is 11.5. The second kappa shape index (κ2) is 4.88. The first-order chi connectivity index (χ1) is 7.05. The van der Waals surface area contributed by atoms with E-state index in [1.54, 1.807) is 0 Å². The Morgan fingerprint density at radius 3 is 2.93 bits per heavy atom. The molecule has 1 aromatic rings. The summed E-state index contributed by atoms with van der Waals surface area (Å²) in [5, 5.41) is 21.1. The molecular formula is C9H16N4O2. The average molecular weight is 212 g/mol. The van der Waals surface area contributed by atoms with Gasteiger partial charge in [-0.1, -0.05) is 13.8 Å². The molecule has 0 bridgehead atoms. The molecule has 0 aliphatic carbocycles. The van der Waals surface area contributed by atoms with E-state index in [0.29, 0.717) is 13.0 Å². The Balaban J connectivity index is 2.40. The van der Waals surface area contributed by atoms with Crippen LogP contribution in [0, 0.1) is 5.41 Å². The third-order valence-corrected chi connectivity index (χ3v) is 2.16. The number of amides is 1. The molecule has 0 saturated heterocycles. The van der Waals surface area contributed by atoms with Gasteiger partial charge in [0.15, 0.2) is 5.69 Å². The minimum atomic E-state index is -0.255. The van der Waals surface area contributed by atoms with Gasteiger partial charge in [0.1, 0.15) is 0 Å². The predicted octanol–water partition coefficient (Wildman–Crippen LogP) is -0.0569. The van der Waals surface area contributed by atoms with E-state index >= 15 is 0 Å². The molecule has 84 valence electrons. The normalized spacial score (nSPS) is 11.4. The van der Waals surface area contributed by atoms with Crippen LogP contribution < -0.4 is 5.32 Å². The van der Waals surface area contributed by atoms with Crippen molar-refractivity contribution in [2.75, 3.05) is 13.2 Å². The lowest BCUT2D eigenvalue weighted by atomic mass is 9.90. The summed E-state index contributed by atoms with van der Waals surface area (Å²) < 4.78 is 0. The second-order valence-corrected chi connectivity index (χ2v) is 4.18. The van der Waals surface area contributed by atoms with Crippen LogP contribution in [0.4, 0.5) is 0 Å². The number of aromatic amines is 1. The number of H-pyrrole nitrogens is 1. The third-order valence-electron chi connectivity index (χ3n) is 2.16. The van der Waals surface area contributed by atoms with Crippen molar-refractivity contribution >= 4 is 5.91 Å². The van der Waals surface area contributed by atoms with Crippen LogP contribution in [0.2, 0.25) is 0 Å². The summed E-state index contributed by atoms with van der Waals surface area (Å²) in [4.78, 5) is 11.5. The molecule has 0 saturated carbocycles. The zero-order valence-corrected chi connectivity index (χ0v) is 8.95. The molecule has 1 amide bonds. The SMILES string of the molecule is CC(C)(CCO)CNC(=O)c1cn[nH]n1. The Bertz CT molecular complexity index is 308. The van der Waals surface area contributed by atoms with E-state index in [2.05, 4.69) is 20.7 Å². The van der Waals surface area contributed by atoms with Gasteiger partial charge in [0.05, 0.1) is 6.20 Å². The zero-order valence-electron chi connectivity index (χ0n) is 8.95. The van der Waals surface area contributed by atoms with Crippen molar-refractivity contribution in [2.45, 2.75) is 20.3 Å². The van der Waals surface area contributed by atoms with Crippen LogP contribution in [0.25, 0.3) is 0 Å². The predicted molar refractivity (Wildman–Crippen MR) is 54.2 cm³/mol. The fraction of sp³-hybridized carbons (Fsp3) is 0.667. The summed E-state index contributed by atoms with van der Waals surface area (Å²) >= 11 is 0. The molecule has 1 aromatic heterocycles. The first kappa shape index (κ1) is 11.6. The molecule has 0 unspecified atom stereocenters. The molecule has 1 heterocycles. The molecule has 0 aromatic carbocycles. The lowest BCUT2D eigenvalue weighted by Crippen LogP contribution is -2.34. The fourth-order valence-electron chi connectivity index (χ4n) is 1.11. The summed E-state index contributed by atoms with van der Waals surface area (Å²) in [6, 6.07) is 0. The molecule has 3 N–H and O–H groups in total. The molecule has 6 nitrogen and oxygen atoms in total. The summed E-state index contributed by atoms with van der Waals surface area (Å²) in [7, 11) is 0. The summed E-state index contributed by atoms with van der Waals surface area (Å²) in [5.41, 5.74) is 0.156. The first-order valence-electron chi connectivity index (χ1n) is 4.80. The van der Waals surface area contributed by atoms with Gasteiger partial charge in [-0.05, 0) is 11.8 Å². The number of carbonyl (C=O) groups excluding carboxylic acids is 1. The highest BCUT2D eigenvalue weighted by molar-refractivity contribution is 5.91. The highest BCUT2D eigenvalue weighted by atomic mass is 16.3. The van der Waals surface area contributed by atoms with E-state index in [1.165, 1.54) is 6.20 Å². The van der Waals surface area contributed by atoms with Crippen LogP contribution in [-0.2, 0) is 0 Å². The molecule has 0 radical (unpaired) electrons. The van der Waals surface area contributed by atoms with E-state index in [0.717, 1.165) is 0 Å². The molecule has 0 fully saturated rings. The lowest BCUT2D eigenvalue weighted by Gasteiger charge is -2.23. The van der Waals surface area contributed by atoms with E-state index in [1.807, 2.05) is 13.8 Å². The number of aromatic nitrogens is 3. The molecule has 6 heteroatoms. The number of carbonyl (C=O) groups is 1. The Morgan fingerprint density at radius 2 is 2.40 bits per heavy atom. The second-order valence-electron chi connectivity index (χ2n) is 4.18. The number of hydrogen-bond donors (Lipinski definition) is 3. The zero-order chi connectivity index (χ0) is 11.3. The molecule has 0 spiro atoms. The first-order valence-corrected chi connectivity index (χ1v) is 4.80. The van der Waals surface area contributed by atoms with Crippen molar-refractivity contribution in [1.29, 1.82) is 0 Å². The van der Waals surface area contributed by atoms with Crippen LogP contribution in [-0.4, -0.2) is 39.6 Å². The monoisotopic (exact) mass is 212 g/mol. The van der Waals surface area contributed by atoms with Gasteiger partial charge in [0.25, 0.3) is 5.91 Å². The topological polar surface area (TPSA) is 90.9 Å². The summed E-state index contributed by atoms with van der Waals surface area (Å²) in [6.07, 6.45) is 2.01. The Labute approximate surface area is 88.1 Å². The lowest BCUT2D eigenvalue weighted by molar-refractivity contribution is 0.0923. The number of aliphatic hydroxyl groups is 1. The van der Waals surface area contributed by atoms with Gasteiger partial charge in [-0.15, -0.1) is 0 Å². The van der Waals surface area contributed by atoms with Crippen LogP contribution in [0.3, 0.4) is 0 Å². The Hall–Kier alpha value is -1.43.